The third kappa shape index (κ3) is 3.51. The Morgan fingerprint density at radius 3 is 1.93 bits per heavy atom. The molecule has 1 aliphatic rings. The van der Waals surface area contributed by atoms with Crippen LogP contribution in [-0.2, 0) is 9.47 Å². The molecule has 0 bridgehead atoms. The van der Waals surface area contributed by atoms with Crippen molar-refractivity contribution < 1.29 is 19.1 Å². The molecule has 0 amide bonds. The number of hydrogen-bond donors (Lipinski definition) is 3. The Labute approximate surface area is 157 Å². The second-order valence-corrected chi connectivity index (χ2v) is 6.18. The van der Waals surface area contributed by atoms with Gasteiger partial charge in [-0.1, -0.05) is 12.1 Å². The Morgan fingerprint density at radius 2 is 1.37 bits per heavy atom. The molecule has 1 aliphatic carbocycles. The van der Waals surface area contributed by atoms with Gasteiger partial charge in [0.2, 0.25) is 0 Å². The van der Waals surface area contributed by atoms with Crippen molar-refractivity contribution in [2.45, 2.75) is 0 Å². The van der Waals surface area contributed by atoms with Gasteiger partial charge in [0, 0.05) is 49.9 Å². The Bertz CT molecular complexity index is 880. The van der Waals surface area contributed by atoms with Crippen molar-refractivity contribution in [1.29, 1.82) is 0 Å². The van der Waals surface area contributed by atoms with Crippen LogP contribution in [0.3, 0.4) is 0 Å². The molecule has 0 aliphatic heterocycles. The van der Waals surface area contributed by atoms with Gasteiger partial charge in [-0.05, 0) is 18.2 Å². The van der Waals surface area contributed by atoms with Gasteiger partial charge in [0.15, 0.2) is 11.6 Å². The van der Waals surface area contributed by atoms with E-state index in [0.717, 1.165) is 0 Å². The van der Waals surface area contributed by atoms with Gasteiger partial charge >= 0.3 is 0 Å². The lowest BCUT2D eigenvalue weighted by molar-refractivity contribution is 0.0980. The Kier molecular flexibility index (Phi) is 5.73. The molecule has 0 fully saturated rings. The van der Waals surface area contributed by atoms with Crippen LogP contribution in [0.2, 0.25) is 0 Å². The first-order valence-corrected chi connectivity index (χ1v) is 8.70. The molecule has 0 saturated carbocycles. The molecule has 27 heavy (non-hydrogen) atoms. The minimum atomic E-state index is -0.256. The number of hydrogen-bond acceptors (Lipinski definition) is 7. The number of nitrogens with one attached hydrogen (secondary N) is 2. The molecule has 0 spiro atoms. The third-order valence-electron chi connectivity index (χ3n) is 4.47. The summed E-state index contributed by atoms with van der Waals surface area (Å²) in [5, 5.41) is 6.36. The average molecular weight is 369 g/mol. The largest absolute Gasteiger partial charge is 0.398 e. The quantitative estimate of drug-likeness (QED) is 0.413. The molecule has 0 unspecified atom stereocenters. The lowest BCUT2D eigenvalue weighted by atomic mass is 9.81. The fourth-order valence-corrected chi connectivity index (χ4v) is 3.22. The molecule has 0 aromatic heterocycles. The van der Waals surface area contributed by atoms with Crippen molar-refractivity contribution in [3.8, 4) is 0 Å². The van der Waals surface area contributed by atoms with Crippen molar-refractivity contribution >= 4 is 28.6 Å². The zero-order valence-corrected chi connectivity index (χ0v) is 15.4. The van der Waals surface area contributed by atoms with Crippen molar-refractivity contribution in [2.75, 3.05) is 56.9 Å². The topological polar surface area (TPSA) is 103 Å². The van der Waals surface area contributed by atoms with E-state index in [4.69, 9.17) is 15.2 Å². The summed E-state index contributed by atoms with van der Waals surface area (Å²) in [5.41, 5.74) is 8.80. The molecule has 7 nitrogen and oxygen atoms in total. The highest BCUT2D eigenvalue weighted by Crippen LogP contribution is 2.38. The molecule has 3 rings (SSSR count). The van der Waals surface area contributed by atoms with E-state index in [0.29, 0.717) is 60.1 Å². The Balaban J connectivity index is 2.11. The fourth-order valence-electron chi connectivity index (χ4n) is 3.22. The van der Waals surface area contributed by atoms with E-state index < -0.39 is 0 Å². The van der Waals surface area contributed by atoms with E-state index in [1.54, 1.807) is 44.6 Å². The Morgan fingerprint density at radius 1 is 0.815 bits per heavy atom. The lowest BCUT2D eigenvalue weighted by Crippen LogP contribution is -2.26. The zero-order chi connectivity index (χ0) is 19.4. The van der Waals surface area contributed by atoms with Crippen LogP contribution >= 0.6 is 0 Å². The van der Waals surface area contributed by atoms with Gasteiger partial charge in [-0.3, -0.25) is 9.59 Å². The highest BCUT2D eigenvalue weighted by molar-refractivity contribution is 6.33. The van der Waals surface area contributed by atoms with Crippen molar-refractivity contribution in [1.82, 2.24) is 0 Å². The van der Waals surface area contributed by atoms with E-state index in [2.05, 4.69) is 10.6 Å². The lowest BCUT2D eigenvalue weighted by Gasteiger charge is -2.24. The number of methoxy groups -OCH3 is 2. The molecule has 142 valence electrons. The Hall–Kier alpha value is -2.90. The summed E-state index contributed by atoms with van der Waals surface area (Å²) in [6, 6.07) is 8.54. The molecule has 0 atom stereocenters. The number of fused-ring (bicyclic) bond motifs is 2. The van der Waals surface area contributed by atoms with Crippen LogP contribution in [0, 0.1) is 0 Å². The van der Waals surface area contributed by atoms with Crippen LogP contribution in [0.1, 0.15) is 31.8 Å². The van der Waals surface area contributed by atoms with Crippen molar-refractivity contribution in [2.24, 2.45) is 0 Å². The second kappa shape index (κ2) is 8.20. The van der Waals surface area contributed by atoms with Crippen molar-refractivity contribution in [3.05, 3.63) is 52.6 Å². The number of anilines is 3. The normalized spacial score (nSPS) is 12.5. The molecular formula is C20H23N3O4. The summed E-state index contributed by atoms with van der Waals surface area (Å²) in [7, 11) is 3.21. The fraction of sp³-hybridized carbons (Fsp3) is 0.300. The predicted molar refractivity (Wildman–Crippen MR) is 105 cm³/mol. The maximum Gasteiger partial charge on any atom is 0.198 e. The molecule has 0 heterocycles. The van der Waals surface area contributed by atoms with Crippen LogP contribution in [0.4, 0.5) is 17.1 Å². The summed E-state index contributed by atoms with van der Waals surface area (Å²) in [5.74, 6) is -0.477. The van der Waals surface area contributed by atoms with E-state index in [-0.39, 0.29) is 17.1 Å². The standard InChI is InChI=1S/C20H23N3O4/c1-26-10-8-22-14-6-7-15(23-9-11-27-2)18-17(14)19(24)12-4-3-5-13(21)16(12)20(18)25/h3-7,22-23H,8-11,21H2,1-2H3. The number of carbonyl (C=O) groups is 2. The van der Waals surface area contributed by atoms with Gasteiger partial charge in [-0.25, -0.2) is 0 Å². The molecule has 2 aromatic rings. The van der Waals surface area contributed by atoms with E-state index in [1.807, 2.05) is 0 Å². The molecule has 7 heteroatoms. The number of nitrogen functional groups attached to an aromatic ring is 1. The highest BCUT2D eigenvalue weighted by Gasteiger charge is 2.35. The highest BCUT2D eigenvalue weighted by atomic mass is 16.5. The van der Waals surface area contributed by atoms with Gasteiger partial charge in [0.05, 0.1) is 29.9 Å². The smallest absolute Gasteiger partial charge is 0.198 e. The summed E-state index contributed by atoms with van der Waals surface area (Å²) in [4.78, 5) is 26.5. The average Bonchev–Trinajstić information content (AvgIpc) is 2.66. The van der Waals surface area contributed by atoms with Crippen molar-refractivity contribution in [3.63, 3.8) is 0 Å². The number of benzene rings is 2. The van der Waals surface area contributed by atoms with E-state index in [9.17, 15) is 9.59 Å². The predicted octanol–water partition coefficient (Wildman–Crippen LogP) is 2.16. The maximum atomic E-state index is 13.3. The summed E-state index contributed by atoms with van der Waals surface area (Å²) in [6.45, 7) is 1.99. The molecule has 2 aromatic carbocycles. The molecule has 4 N–H and O–H groups in total. The summed E-state index contributed by atoms with van der Waals surface area (Å²) < 4.78 is 10.1. The van der Waals surface area contributed by atoms with Gasteiger partial charge in [0.25, 0.3) is 0 Å². The minimum Gasteiger partial charge on any atom is -0.398 e. The van der Waals surface area contributed by atoms with Gasteiger partial charge in [-0.2, -0.15) is 0 Å². The SMILES string of the molecule is COCCNc1ccc(NCCOC)c2c1C(=O)c1cccc(N)c1C2=O. The van der Waals surface area contributed by atoms with Crippen LogP contribution in [0.25, 0.3) is 0 Å². The first-order chi connectivity index (χ1) is 13.1. The number of nitrogens with two attached hydrogens (primary N) is 1. The van der Waals surface area contributed by atoms with Gasteiger partial charge in [-0.15, -0.1) is 0 Å². The van der Waals surface area contributed by atoms with Crippen LogP contribution in [0.15, 0.2) is 30.3 Å². The monoisotopic (exact) mass is 369 g/mol. The minimum absolute atomic E-state index is 0.220. The number of ketones is 2. The first kappa shape index (κ1) is 18.9. The first-order valence-electron chi connectivity index (χ1n) is 8.70. The summed E-state index contributed by atoms with van der Waals surface area (Å²) >= 11 is 0. The van der Waals surface area contributed by atoms with Crippen LogP contribution in [-0.4, -0.2) is 52.1 Å². The number of ether oxygens (including phenoxy) is 2. The van der Waals surface area contributed by atoms with Gasteiger partial charge < -0.3 is 25.8 Å². The molecular weight excluding hydrogens is 346 g/mol. The summed E-state index contributed by atoms with van der Waals surface area (Å²) in [6.07, 6.45) is 0. The maximum absolute atomic E-state index is 13.3. The zero-order valence-electron chi connectivity index (χ0n) is 15.4. The molecule has 0 radical (unpaired) electrons. The molecule has 0 saturated heterocycles. The van der Waals surface area contributed by atoms with E-state index >= 15 is 0 Å². The van der Waals surface area contributed by atoms with Crippen LogP contribution in [0.5, 0.6) is 0 Å². The second-order valence-electron chi connectivity index (χ2n) is 6.18. The number of rotatable bonds is 8. The third-order valence-corrected chi connectivity index (χ3v) is 4.47. The number of carbonyl (C=O) groups excluding carboxylic acids is 2. The van der Waals surface area contributed by atoms with Gasteiger partial charge in [0.1, 0.15) is 0 Å². The van der Waals surface area contributed by atoms with E-state index in [1.165, 1.54) is 0 Å². The van der Waals surface area contributed by atoms with Crippen LogP contribution < -0.4 is 16.4 Å².